The van der Waals surface area contributed by atoms with Crippen molar-refractivity contribution in [2.45, 2.75) is 37.8 Å². The fraction of sp³-hybridized carbons (Fsp3) is 0.125. The molecule has 1 saturated carbocycles. The number of benzene rings is 8. The lowest BCUT2D eigenvalue weighted by Gasteiger charge is -2.25. The van der Waals surface area contributed by atoms with E-state index in [9.17, 15) is 20.4 Å². The molecule has 1 aliphatic rings. The van der Waals surface area contributed by atoms with Crippen LogP contribution in [0.15, 0.2) is 143 Å². The molecule has 0 aliphatic heterocycles. The van der Waals surface area contributed by atoms with Gasteiger partial charge in [0, 0.05) is 45.8 Å². The third-order valence-corrected chi connectivity index (χ3v) is 10.9. The summed E-state index contributed by atoms with van der Waals surface area (Å²) >= 11 is 0. The molecule has 4 N–H and O–H groups in total. The van der Waals surface area contributed by atoms with Crippen molar-refractivity contribution in [3.05, 3.63) is 145 Å². The molecule has 0 aromatic heterocycles. The number of hydrogen-bond acceptors (Lipinski definition) is 6. The molecule has 9 rings (SSSR count). The molecule has 8 aromatic carbocycles. The van der Waals surface area contributed by atoms with Crippen LogP contribution in [0.5, 0.6) is 23.0 Å². The average molecular weight is 707 g/mol. The van der Waals surface area contributed by atoms with Crippen molar-refractivity contribution < 1.29 is 20.4 Å². The summed E-state index contributed by atoms with van der Waals surface area (Å²) in [5.74, 6) is 0.317. The van der Waals surface area contributed by atoms with Gasteiger partial charge in [0.25, 0.3) is 0 Å². The number of nitrogens with zero attached hydrogens (tertiary/aromatic N) is 2. The fourth-order valence-electron chi connectivity index (χ4n) is 8.26. The molecule has 0 heterocycles. The molecule has 1 aliphatic carbocycles. The first-order valence-corrected chi connectivity index (χ1v) is 18.4. The zero-order chi connectivity index (χ0) is 36.8. The van der Waals surface area contributed by atoms with Gasteiger partial charge in [-0.25, -0.2) is 0 Å². The maximum atomic E-state index is 11.9. The highest BCUT2D eigenvalue weighted by Crippen LogP contribution is 2.47. The summed E-state index contributed by atoms with van der Waals surface area (Å²) in [6.45, 7) is 0. The molecule has 2 atom stereocenters. The van der Waals surface area contributed by atoms with E-state index in [0.29, 0.717) is 33.4 Å². The predicted octanol–water partition coefficient (Wildman–Crippen LogP) is 11.3. The van der Waals surface area contributed by atoms with Crippen LogP contribution in [-0.4, -0.2) is 44.9 Å². The van der Waals surface area contributed by atoms with Crippen LogP contribution >= 0.6 is 0 Å². The Labute approximate surface area is 312 Å². The van der Waals surface area contributed by atoms with Gasteiger partial charge in [-0.15, -0.1) is 0 Å². The molecule has 54 heavy (non-hydrogen) atoms. The van der Waals surface area contributed by atoms with Gasteiger partial charge >= 0.3 is 0 Å². The largest absolute Gasteiger partial charge is 0.507 e. The third kappa shape index (κ3) is 5.77. The lowest BCUT2D eigenvalue weighted by Crippen LogP contribution is -2.27. The van der Waals surface area contributed by atoms with Gasteiger partial charge in [0.1, 0.15) is 23.0 Å². The van der Waals surface area contributed by atoms with Crippen molar-refractivity contribution in [3.63, 3.8) is 0 Å². The molecule has 6 heteroatoms. The van der Waals surface area contributed by atoms with Gasteiger partial charge in [-0.1, -0.05) is 122 Å². The lowest BCUT2D eigenvalue weighted by molar-refractivity contribution is 0.390. The maximum absolute atomic E-state index is 11.9. The molecule has 6 nitrogen and oxygen atoms in total. The van der Waals surface area contributed by atoms with Crippen LogP contribution in [0.25, 0.3) is 65.3 Å². The number of aliphatic imine (C=N–C) groups is 2. The summed E-state index contributed by atoms with van der Waals surface area (Å²) in [4.78, 5) is 10.1. The SMILES string of the molecule is Oc1ccc2ccccc2c1-c1c(O)c(C=N[C@H]2CCCC[C@@H]2N=Cc2cc3ccccc3c(-c3c(O)ccc4ccccc34)c2O)cc2ccccc12. The van der Waals surface area contributed by atoms with E-state index < -0.39 is 0 Å². The Kier molecular flexibility index (Phi) is 8.43. The van der Waals surface area contributed by atoms with Crippen molar-refractivity contribution >= 4 is 55.5 Å². The van der Waals surface area contributed by atoms with Crippen LogP contribution in [0.4, 0.5) is 0 Å². The van der Waals surface area contributed by atoms with E-state index in [1.54, 1.807) is 24.6 Å². The van der Waals surface area contributed by atoms with Crippen molar-refractivity contribution in [1.82, 2.24) is 0 Å². The number of fused-ring (bicyclic) bond motifs is 4. The summed E-state index contributed by atoms with van der Waals surface area (Å²) in [7, 11) is 0. The molecule has 0 spiro atoms. The smallest absolute Gasteiger partial charge is 0.132 e. The minimum atomic E-state index is -0.139. The summed E-state index contributed by atoms with van der Waals surface area (Å²) in [6, 6.07) is 42.2. The number of aromatic hydroxyl groups is 4. The van der Waals surface area contributed by atoms with Gasteiger partial charge in [-0.3, -0.25) is 9.98 Å². The molecule has 0 radical (unpaired) electrons. The summed E-state index contributed by atoms with van der Waals surface area (Å²) in [5.41, 5.74) is 3.45. The minimum Gasteiger partial charge on any atom is -0.507 e. The van der Waals surface area contributed by atoms with Crippen molar-refractivity contribution in [1.29, 1.82) is 0 Å². The number of phenolic OH excluding ortho intramolecular Hbond substituents is 4. The van der Waals surface area contributed by atoms with Crippen molar-refractivity contribution in [2.75, 3.05) is 0 Å². The minimum absolute atomic E-state index is 0.0604. The number of phenols is 4. The summed E-state index contributed by atoms with van der Waals surface area (Å²) in [5, 5.41) is 53.4. The second-order valence-electron chi connectivity index (χ2n) is 14.2. The standard InChI is InChI=1S/C48H38N2O4/c51-41-23-21-29-11-1-5-15-35(29)43(41)45-37-17-7-3-13-31(37)25-33(47(45)53)27-49-39-19-9-10-20-40(39)50-28-34-26-32-14-4-8-18-38(32)46(48(34)54)44-36-16-6-2-12-30(36)22-24-42(44)52/h1-8,11-18,21-28,39-40,51-54H,9-10,19-20H2/t39-,40-/m0/s1. The Balaban J connectivity index is 1.11. The number of rotatable bonds is 6. The predicted molar refractivity (Wildman–Crippen MR) is 222 cm³/mol. The third-order valence-electron chi connectivity index (χ3n) is 10.9. The highest BCUT2D eigenvalue weighted by atomic mass is 16.3. The lowest BCUT2D eigenvalue weighted by atomic mass is 9.89. The molecular weight excluding hydrogens is 669 g/mol. The van der Waals surface area contributed by atoms with E-state index in [0.717, 1.165) is 68.8 Å². The number of hydrogen-bond donors (Lipinski definition) is 4. The fourth-order valence-corrected chi connectivity index (χ4v) is 8.26. The Bertz CT molecular complexity index is 2610. The van der Waals surface area contributed by atoms with Crippen molar-refractivity contribution in [3.8, 4) is 45.3 Å². The van der Waals surface area contributed by atoms with E-state index in [4.69, 9.17) is 9.98 Å². The zero-order valence-corrected chi connectivity index (χ0v) is 29.5. The first kappa shape index (κ1) is 33.2. The summed E-state index contributed by atoms with van der Waals surface area (Å²) < 4.78 is 0. The van der Waals surface area contributed by atoms with Crippen molar-refractivity contribution in [2.24, 2.45) is 9.98 Å². The molecule has 0 bridgehead atoms. The molecule has 0 unspecified atom stereocenters. The molecule has 1 fully saturated rings. The Morgan fingerprint density at radius 2 is 0.759 bits per heavy atom. The average Bonchev–Trinajstić information content (AvgIpc) is 3.20. The Hall–Kier alpha value is -6.66. The van der Waals surface area contributed by atoms with Gasteiger partial charge in [0.2, 0.25) is 0 Å². The quantitative estimate of drug-likeness (QED) is 0.129. The molecule has 264 valence electrons. The maximum Gasteiger partial charge on any atom is 0.132 e. The van der Waals surface area contributed by atoms with E-state index in [1.807, 2.05) is 121 Å². The highest BCUT2D eigenvalue weighted by Gasteiger charge is 2.25. The highest BCUT2D eigenvalue weighted by molar-refractivity contribution is 6.13. The van der Waals surface area contributed by atoms with Crippen LogP contribution in [0.2, 0.25) is 0 Å². The normalized spacial score (nSPS) is 16.4. The monoisotopic (exact) mass is 706 g/mol. The topological polar surface area (TPSA) is 106 Å². The van der Waals surface area contributed by atoms with Gasteiger partial charge in [-0.05, 0) is 80.2 Å². The second kappa shape index (κ2) is 13.7. The van der Waals surface area contributed by atoms with Crippen LogP contribution in [-0.2, 0) is 0 Å². The van der Waals surface area contributed by atoms with E-state index in [2.05, 4.69) is 0 Å². The van der Waals surface area contributed by atoms with Crippen LogP contribution in [0.1, 0.15) is 36.8 Å². The van der Waals surface area contributed by atoms with Crippen LogP contribution in [0, 0.1) is 0 Å². The molecule has 0 saturated heterocycles. The van der Waals surface area contributed by atoms with Gasteiger partial charge in [-0.2, -0.15) is 0 Å². The first-order chi connectivity index (χ1) is 26.5. The van der Waals surface area contributed by atoms with Crippen LogP contribution in [0.3, 0.4) is 0 Å². The molecule has 0 amide bonds. The van der Waals surface area contributed by atoms with Gasteiger partial charge < -0.3 is 20.4 Å². The Morgan fingerprint density at radius 3 is 1.17 bits per heavy atom. The summed E-state index contributed by atoms with van der Waals surface area (Å²) in [6.07, 6.45) is 7.20. The van der Waals surface area contributed by atoms with E-state index in [-0.39, 0.29) is 35.1 Å². The zero-order valence-electron chi connectivity index (χ0n) is 29.5. The van der Waals surface area contributed by atoms with Gasteiger partial charge in [0.15, 0.2) is 0 Å². The van der Waals surface area contributed by atoms with E-state index >= 15 is 0 Å². The van der Waals surface area contributed by atoms with Gasteiger partial charge in [0.05, 0.1) is 12.1 Å². The first-order valence-electron chi connectivity index (χ1n) is 18.4. The second-order valence-corrected chi connectivity index (χ2v) is 14.2. The van der Waals surface area contributed by atoms with E-state index in [1.165, 1.54) is 0 Å². The Morgan fingerprint density at radius 1 is 0.407 bits per heavy atom. The molecule has 8 aromatic rings. The molecular formula is C48H38N2O4. The van der Waals surface area contributed by atoms with Crippen LogP contribution < -0.4 is 0 Å².